The number of anilines is 1. The third-order valence-electron chi connectivity index (χ3n) is 5.25. The number of halogens is 2. The fraction of sp³-hybridized carbons (Fsp3) is 0.417. The number of rotatable bonds is 10. The summed E-state index contributed by atoms with van der Waals surface area (Å²) in [4.78, 5) is 38.7. The zero-order valence-electron chi connectivity index (χ0n) is 21.2. The van der Waals surface area contributed by atoms with Gasteiger partial charge in [-0.2, -0.15) is 0 Å². The molecule has 0 spiro atoms. The predicted octanol–water partition coefficient (Wildman–Crippen LogP) is 4.39. The van der Waals surface area contributed by atoms with Crippen LogP contribution in [0.25, 0.3) is 0 Å². The van der Waals surface area contributed by atoms with Crippen molar-refractivity contribution >= 4 is 56.4 Å². The monoisotopic (exact) mass is 572 g/mol. The van der Waals surface area contributed by atoms with E-state index >= 15 is 0 Å². The summed E-state index contributed by atoms with van der Waals surface area (Å²) in [6.07, 6.45) is 1.12. The maximum Gasteiger partial charge on any atom is 0.271 e. The fourth-order valence-corrected chi connectivity index (χ4v) is 4.89. The minimum Gasteiger partial charge on any atom is -0.350 e. The number of sulfonamides is 1. The van der Waals surface area contributed by atoms with Crippen LogP contribution < -0.4 is 9.62 Å². The van der Waals surface area contributed by atoms with E-state index in [4.69, 9.17) is 23.2 Å². The summed E-state index contributed by atoms with van der Waals surface area (Å²) < 4.78 is 26.1. The third-order valence-corrected chi connectivity index (χ3v) is 6.98. The van der Waals surface area contributed by atoms with Gasteiger partial charge in [0.05, 0.1) is 16.9 Å². The largest absolute Gasteiger partial charge is 0.350 e. The maximum absolute atomic E-state index is 13.7. The van der Waals surface area contributed by atoms with Crippen molar-refractivity contribution in [3.8, 4) is 0 Å². The number of carbonyl (C=O) groups excluding carboxylic acids is 2. The molecule has 0 fully saturated rings. The van der Waals surface area contributed by atoms with Gasteiger partial charge in [-0.15, -0.1) is 0 Å². The molecule has 2 rings (SSSR count). The van der Waals surface area contributed by atoms with Crippen molar-refractivity contribution in [2.45, 2.75) is 52.2 Å². The summed E-state index contributed by atoms with van der Waals surface area (Å²) in [7, 11) is -4.04. The Kier molecular flexibility index (Phi) is 9.92. The Balaban J connectivity index is 2.53. The minimum atomic E-state index is -4.04. The van der Waals surface area contributed by atoms with Gasteiger partial charge in [-0.3, -0.25) is 24.0 Å². The Morgan fingerprint density at radius 2 is 1.78 bits per heavy atom. The molecule has 0 aliphatic heterocycles. The summed E-state index contributed by atoms with van der Waals surface area (Å²) in [6, 6.07) is 8.72. The molecule has 1 atom stereocenters. The van der Waals surface area contributed by atoms with Gasteiger partial charge < -0.3 is 10.2 Å². The zero-order valence-corrected chi connectivity index (χ0v) is 23.5. The minimum absolute atomic E-state index is 0.0540. The van der Waals surface area contributed by atoms with Crippen LogP contribution in [-0.4, -0.2) is 54.4 Å². The molecule has 0 radical (unpaired) electrons. The standard InChI is InChI=1S/C24H30Cl2N4O6S/c1-6-21(23(32)27-24(2,3)4)28(14-16-10-11-17(25)12-20(16)26)22(31)15-29(37(5,35)36)18-8-7-9-19(13-18)30(33)34/h7-13,21H,6,14-15H2,1-5H3,(H,27,32). The molecule has 0 aromatic heterocycles. The first-order valence-electron chi connectivity index (χ1n) is 11.3. The van der Waals surface area contributed by atoms with Crippen molar-refractivity contribution in [1.29, 1.82) is 0 Å². The van der Waals surface area contributed by atoms with Crippen molar-refractivity contribution in [3.63, 3.8) is 0 Å². The number of amides is 2. The average molecular weight is 573 g/mol. The molecular weight excluding hydrogens is 543 g/mol. The Labute approximate surface area is 226 Å². The molecule has 0 bridgehead atoms. The fourth-order valence-electron chi connectivity index (χ4n) is 3.58. The molecule has 10 nitrogen and oxygen atoms in total. The smallest absolute Gasteiger partial charge is 0.271 e. The Morgan fingerprint density at radius 1 is 1.14 bits per heavy atom. The topological polar surface area (TPSA) is 130 Å². The van der Waals surface area contributed by atoms with Crippen molar-refractivity contribution in [2.24, 2.45) is 0 Å². The van der Waals surface area contributed by atoms with Gasteiger partial charge in [0.1, 0.15) is 12.6 Å². The second-order valence-corrected chi connectivity index (χ2v) is 12.2. The van der Waals surface area contributed by atoms with Crippen molar-refractivity contribution in [2.75, 3.05) is 17.1 Å². The number of nitrogens with zero attached hydrogens (tertiary/aromatic N) is 3. The van der Waals surface area contributed by atoms with E-state index in [9.17, 15) is 28.1 Å². The van der Waals surface area contributed by atoms with Crippen molar-refractivity contribution < 1.29 is 22.9 Å². The lowest BCUT2D eigenvalue weighted by Crippen LogP contribution is -2.55. The summed E-state index contributed by atoms with van der Waals surface area (Å²) in [5, 5.41) is 14.7. The van der Waals surface area contributed by atoms with E-state index in [2.05, 4.69) is 5.32 Å². The van der Waals surface area contributed by atoms with Crippen LogP contribution in [0.4, 0.5) is 11.4 Å². The lowest BCUT2D eigenvalue weighted by atomic mass is 10.1. The first kappa shape index (κ1) is 30.3. The van der Waals surface area contributed by atoms with Crippen LogP contribution in [0.5, 0.6) is 0 Å². The Hall–Kier alpha value is -2.89. The van der Waals surface area contributed by atoms with E-state index in [0.29, 0.717) is 10.6 Å². The van der Waals surface area contributed by atoms with E-state index in [1.165, 1.54) is 29.2 Å². The van der Waals surface area contributed by atoms with Crippen LogP contribution >= 0.6 is 23.2 Å². The molecule has 0 heterocycles. The molecule has 0 aliphatic rings. The molecule has 1 unspecified atom stereocenters. The van der Waals surface area contributed by atoms with Crippen LogP contribution in [0.2, 0.25) is 10.0 Å². The number of non-ortho nitro benzene ring substituents is 1. The van der Waals surface area contributed by atoms with Gasteiger partial charge in [0, 0.05) is 34.3 Å². The molecule has 0 saturated heterocycles. The van der Waals surface area contributed by atoms with E-state index in [1.807, 2.05) is 0 Å². The van der Waals surface area contributed by atoms with Crippen LogP contribution in [-0.2, 0) is 26.2 Å². The normalized spacial score (nSPS) is 12.5. The Morgan fingerprint density at radius 3 is 2.30 bits per heavy atom. The second kappa shape index (κ2) is 12.1. The average Bonchev–Trinajstić information content (AvgIpc) is 2.76. The number of nitro benzene ring substituents is 1. The number of carbonyl (C=O) groups is 2. The highest BCUT2D eigenvalue weighted by Crippen LogP contribution is 2.26. The van der Waals surface area contributed by atoms with Crippen molar-refractivity contribution in [3.05, 3.63) is 68.2 Å². The van der Waals surface area contributed by atoms with Gasteiger partial charge in [0.2, 0.25) is 21.8 Å². The number of nitro groups is 1. The predicted molar refractivity (Wildman–Crippen MR) is 144 cm³/mol. The van der Waals surface area contributed by atoms with Gasteiger partial charge in [-0.25, -0.2) is 8.42 Å². The van der Waals surface area contributed by atoms with Gasteiger partial charge in [0.15, 0.2) is 0 Å². The van der Waals surface area contributed by atoms with E-state index in [0.717, 1.165) is 16.6 Å². The number of hydrogen-bond donors (Lipinski definition) is 1. The molecule has 2 aromatic rings. The summed E-state index contributed by atoms with van der Waals surface area (Å²) in [5.41, 5.74) is -0.470. The van der Waals surface area contributed by atoms with Crippen LogP contribution in [0.3, 0.4) is 0 Å². The molecular formula is C24H30Cl2N4O6S. The SMILES string of the molecule is CCC(C(=O)NC(C)(C)C)N(Cc1ccc(Cl)cc1Cl)C(=O)CN(c1cccc([N+](=O)[O-])c1)S(C)(=O)=O. The maximum atomic E-state index is 13.7. The van der Waals surface area contributed by atoms with E-state index in [1.54, 1.807) is 39.8 Å². The lowest BCUT2D eigenvalue weighted by molar-refractivity contribution is -0.384. The summed E-state index contributed by atoms with van der Waals surface area (Å²) >= 11 is 12.3. The van der Waals surface area contributed by atoms with Crippen LogP contribution in [0, 0.1) is 10.1 Å². The summed E-state index contributed by atoms with van der Waals surface area (Å²) in [6.45, 7) is 6.34. The quantitative estimate of drug-likeness (QED) is 0.332. The zero-order chi connectivity index (χ0) is 28.1. The van der Waals surface area contributed by atoms with E-state index < -0.39 is 44.9 Å². The molecule has 2 amide bonds. The lowest BCUT2D eigenvalue weighted by Gasteiger charge is -2.34. The first-order chi connectivity index (χ1) is 17.0. The van der Waals surface area contributed by atoms with Gasteiger partial charge in [-0.05, 0) is 51.0 Å². The molecule has 13 heteroatoms. The third kappa shape index (κ3) is 8.58. The highest BCUT2D eigenvalue weighted by molar-refractivity contribution is 7.92. The van der Waals surface area contributed by atoms with E-state index in [-0.39, 0.29) is 29.4 Å². The van der Waals surface area contributed by atoms with Gasteiger partial charge in [0.25, 0.3) is 5.69 Å². The van der Waals surface area contributed by atoms with Crippen LogP contribution in [0.15, 0.2) is 42.5 Å². The molecule has 0 saturated carbocycles. The highest BCUT2D eigenvalue weighted by Gasteiger charge is 2.33. The van der Waals surface area contributed by atoms with Gasteiger partial charge >= 0.3 is 0 Å². The summed E-state index contributed by atoms with van der Waals surface area (Å²) in [5.74, 6) is -1.12. The molecule has 1 N–H and O–H groups in total. The first-order valence-corrected chi connectivity index (χ1v) is 13.9. The number of nitrogens with one attached hydrogen (secondary N) is 1. The Bertz CT molecular complexity index is 1280. The molecule has 37 heavy (non-hydrogen) atoms. The molecule has 202 valence electrons. The second-order valence-electron chi connectivity index (χ2n) is 9.47. The van der Waals surface area contributed by atoms with Gasteiger partial charge in [-0.1, -0.05) is 42.3 Å². The van der Waals surface area contributed by atoms with Crippen LogP contribution in [0.1, 0.15) is 39.7 Å². The molecule has 2 aromatic carbocycles. The molecule has 0 aliphatic carbocycles. The number of benzene rings is 2. The van der Waals surface area contributed by atoms with Crippen molar-refractivity contribution in [1.82, 2.24) is 10.2 Å². The highest BCUT2D eigenvalue weighted by atomic mass is 35.5. The number of hydrogen-bond acceptors (Lipinski definition) is 6.